The van der Waals surface area contributed by atoms with Gasteiger partial charge in [-0.2, -0.15) is 35.1 Å². The summed E-state index contributed by atoms with van der Waals surface area (Å²) in [5.41, 5.74) is -5.86. The molecule has 0 amide bonds. The Morgan fingerprint density at radius 1 is 0.714 bits per heavy atom. The molecule has 0 saturated heterocycles. The van der Waals surface area contributed by atoms with Crippen molar-refractivity contribution in [2.24, 2.45) is 0 Å². The zero-order chi connectivity index (χ0) is 20.7. The maximum absolute atomic E-state index is 14.0. The van der Waals surface area contributed by atoms with Gasteiger partial charge in [-0.3, -0.25) is 0 Å². The Balaban J connectivity index is 2.41. The highest BCUT2D eigenvalue weighted by Crippen LogP contribution is 2.51. The molecule has 0 bridgehead atoms. The van der Waals surface area contributed by atoms with E-state index in [0.29, 0.717) is 0 Å². The van der Waals surface area contributed by atoms with Gasteiger partial charge in [0.1, 0.15) is 11.3 Å². The Kier molecular flexibility index (Phi) is 4.68. The van der Waals surface area contributed by atoms with Crippen LogP contribution >= 0.6 is 0 Å². The number of aromatic nitrogens is 1. The van der Waals surface area contributed by atoms with Crippen LogP contribution in [0.5, 0.6) is 0 Å². The second-order valence-electron chi connectivity index (χ2n) is 5.79. The fraction of sp³-hybridized carbons (Fsp3) is 0.167. The zero-order valence-corrected chi connectivity index (χ0v) is 13.7. The molecule has 0 fully saturated rings. The van der Waals surface area contributed by atoms with E-state index in [2.05, 4.69) is 10.3 Å². The lowest BCUT2D eigenvalue weighted by Crippen LogP contribution is -2.37. The number of para-hydroxylation sites is 2. The summed E-state index contributed by atoms with van der Waals surface area (Å²) in [6.45, 7) is 0. The van der Waals surface area contributed by atoms with Crippen molar-refractivity contribution in [1.29, 1.82) is 0 Å². The van der Waals surface area contributed by atoms with Gasteiger partial charge in [-0.25, -0.2) is 4.98 Å². The minimum absolute atomic E-state index is 0.0747. The molecule has 2 aromatic carbocycles. The first kappa shape index (κ1) is 19.8. The monoisotopic (exact) mass is 406 g/mol. The topological polar surface area (TPSA) is 24.9 Å². The van der Waals surface area contributed by atoms with Gasteiger partial charge < -0.3 is 5.32 Å². The third kappa shape index (κ3) is 3.46. The summed E-state index contributed by atoms with van der Waals surface area (Å²) in [6, 6.07) is 12.0. The average Bonchev–Trinajstić information content (AvgIpc) is 2.60. The Morgan fingerprint density at radius 3 is 1.86 bits per heavy atom. The molecule has 0 saturated carbocycles. The first-order chi connectivity index (χ1) is 12.9. The highest BCUT2D eigenvalue weighted by atomic mass is 19.4. The van der Waals surface area contributed by atoms with Gasteiger partial charge in [-0.05, 0) is 18.2 Å². The van der Waals surface area contributed by atoms with Crippen LogP contribution in [0.25, 0.3) is 10.9 Å². The minimum Gasteiger partial charge on any atom is -0.354 e. The maximum atomic E-state index is 14.0. The summed E-state index contributed by atoms with van der Waals surface area (Å²) >= 11 is 0. The predicted octanol–water partition coefficient (Wildman–Crippen LogP) is 6.65. The first-order valence-electron chi connectivity index (χ1n) is 7.70. The van der Waals surface area contributed by atoms with Crippen LogP contribution in [0.15, 0.2) is 54.6 Å². The second-order valence-corrected chi connectivity index (χ2v) is 5.79. The summed E-state index contributed by atoms with van der Waals surface area (Å²) < 4.78 is 108. The summed E-state index contributed by atoms with van der Waals surface area (Å²) in [4.78, 5) is 3.05. The van der Waals surface area contributed by atoms with Gasteiger partial charge in [0.15, 0.2) is 0 Å². The zero-order valence-electron chi connectivity index (χ0n) is 13.7. The third-order valence-electron chi connectivity index (χ3n) is 3.87. The first-order valence-corrected chi connectivity index (χ1v) is 7.70. The normalized spacial score (nSPS) is 13.0. The predicted molar refractivity (Wildman–Crippen MR) is 86.4 cm³/mol. The van der Waals surface area contributed by atoms with Gasteiger partial charge in [0.05, 0.1) is 11.2 Å². The molecule has 1 N–H and O–H groups in total. The average molecular weight is 406 g/mol. The van der Waals surface area contributed by atoms with Crippen molar-refractivity contribution in [3.8, 4) is 0 Å². The summed E-state index contributed by atoms with van der Waals surface area (Å²) in [7, 11) is 0. The van der Waals surface area contributed by atoms with Crippen molar-refractivity contribution in [1.82, 2.24) is 4.98 Å². The molecule has 0 radical (unpaired) electrons. The molecule has 0 aliphatic rings. The Morgan fingerprint density at radius 2 is 1.29 bits per heavy atom. The quantitative estimate of drug-likeness (QED) is 0.493. The number of hydrogen-bond acceptors (Lipinski definition) is 2. The van der Waals surface area contributed by atoms with Crippen LogP contribution in [0.1, 0.15) is 11.3 Å². The van der Waals surface area contributed by atoms with E-state index in [1.807, 2.05) is 0 Å². The largest absolute Gasteiger partial charge is 0.459 e. The lowest BCUT2D eigenvalue weighted by atomic mass is 10.0. The molecule has 3 rings (SSSR count). The van der Waals surface area contributed by atoms with E-state index in [1.54, 1.807) is 6.07 Å². The number of alkyl halides is 8. The van der Waals surface area contributed by atoms with Crippen LogP contribution in [-0.4, -0.2) is 11.2 Å². The van der Waals surface area contributed by atoms with E-state index >= 15 is 0 Å². The van der Waals surface area contributed by atoms with Gasteiger partial charge in [0, 0.05) is 11.1 Å². The van der Waals surface area contributed by atoms with Gasteiger partial charge in [0.25, 0.3) is 0 Å². The molecule has 0 aliphatic heterocycles. The van der Waals surface area contributed by atoms with E-state index in [4.69, 9.17) is 0 Å². The van der Waals surface area contributed by atoms with Crippen molar-refractivity contribution in [2.45, 2.75) is 18.3 Å². The standard InChI is InChI=1S/C18H10F8N2/c19-16(20,18(24,25)26)15-13(17(21,22)23)14(27-10-6-2-1-3-7-10)11-8-4-5-9-12(11)28-15/h1-9H,(H,27,28). The van der Waals surface area contributed by atoms with Crippen LogP contribution in [0.4, 0.5) is 46.5 Å². The number of hydrogen-bond donors (Lipinski definition) is 1. The van der Waals surface area contributed by atoms with Crippen molar-refractivity contribution >= 4 is 22.3 Å². The van der Waals surface area contributed by atoms with Gasteiger partial charge in [-0.15, -0.1) is 0 Å². The molecular formula is C18H10F8N2. The van der Waals surface area contributed by atoms with Crippen LogP contribution in [-0.2, 0) is 12.1 Å². The fourth-order valence-electron chi connectivity index (χ4n) is 2.65. The Labute approximate surface area is 152 Å². The fourth-order valence-corrected chi connectivity index (χ4v) is 2.65. The highest BCUT2D eigenvalue weighted by Gasteiger charge is 2.63. The third-order valence-corrected chi connectivity index (χ3v) is 3.87. The summed E-state index contributed by atoms with van der Waals surface area (Å²) in [5, 5.41) is 2.08. The molecule has 148 valence electrons. The molecule has 1 heterocycles. The number of benzene rings is 2. The summed E-state index contributed by atoms with van der Waals surface area (Å²) in [6.07, 6.45) is -11.8. The van der Waals surface area contributed by atoms with E-state index in [1.165, 1.54) is 36.4 Å². The maximum Gasteiger partial charge on any atom is 0.459 e. The number of halogens is 8. The summed E-state index contributed by atoms with van der Waals surface area (Å²) in [5.74, 6) is -5.81. The van der Waals surface area contributed by atoms with Crippen LogP contribution in [0, 0.1) is 0 Å². The number of pyridine rings is 1. The van der Waals surface area contributed by atoms with E-state index in [9.17, 15) is 35.1 Å². The molecule has 10 heteroatoms. The molecule has 0 atom stereocenters. The van der Waals surface area contributed by atoms with E-state index < -0.39 is 40.7 Å². The smallest absolute Gasteiger partial charge is 0.354 e. The lowest BCUT2D eigenvalue weighted by molar-refractivity contribution is -0.292. The van der Waals surface area contributed by atoms with Crippen molar-refractivity contribution in [3.63, 3.8) is 0 Å². The molecule has 0 aliphatic carbocycles. The highest BCUT2D eigenvalue weighted by molar-refractivity contribution is 5.95. The molecular weight excluding hydrogens is 396 g/mol. The van der Waals surface area contributed by atoms with Crippen molar-refractivity contribution in [2.75, 3.05) is 5.32 Å². The molecule has 28 heavy (non-hydrogen) atoms. The Bertz CT molecular complexity index is 994. The lowest BCUT2D eigenvalue weighted by Gasteiger charge is -2.25. The minimum atomic E-state index is -6.26. The van der Waals surface area contributed by atoms with Crippen molar-refractivity contribution in [3.05, 3.63) is 65.9 Å². The molecule has 0 unspecified atom stereocenters. The molecule has 0 spiro atoms. The molecule has 3 aromatic rings. The number of fused-ring (bicyclic) bond motifs is 1. The van der Waals surface area contributed by atoms with E-state index in [0.717, 1.165) is 12.1 Å². The molecule has 1 aromatic heterocycles. The van der Waals surface area contributed by atoms with Gasteiger partial charge in [0.2, 0.25) is 0 Å². The second kappa shape index (κ2) is 6.61. The van der Waals surface area contributed by atoms with Crippen LogP contribution < -0.4 is 5.32 Å². The number of nitrogens with one attached hydrogen (secondary N) is 1. The number of nitrogens with zero attached hydrogens (tertiary/aromatic N) is 1. The Hall–Kier alpha value is -2.91. The SMILES string of the molecule is FC(F)(F)c1c(C(F)(F)C(F)(F)F)nc2ccccc2c1Nc1ccccc1. The van der Waals surface area contributed by atoms with Crippen molar-refractivity contribution < 1.29 is 35.1 Å². The number of anilines is 2. The number of rotatable bonds is 3. The molecule has 2 nitrogen and oxygen atoms in total. The van der Waals surface area contributed by atoms with Crippen LogP contribution in [0.2, 0.25) is 0 Å². The van der Waals surface area contributed by atoms with Gasteiger partial charge >= 0.3 is 18.3 Å². The van der Waals surface area contributed by atoms with Crippen LogP contribution in [0.3, 0.4) is 0 Å². The van der Waals surface area contributed by atoms with Gasteiger partial charge in [-0.1, -0.05) is 36.4 Å². The van der Waals surface area contributed by atoms with E-state index in [-0.39, 0.29) is 11.1 Å².